The minimum Gasteiger partial charge on any atom is -0.379 e. The van der Waals surface area contributed by atoms with Crippen molar-refractivity contribution in [1.29, 1.82) is 0 Å². The number of hydrogen-bond donors (Lipinski definition) is 1. The summed E-state index contributed by atoms with van der Waals surface area (Å²) in [5.74, 6) is -0.832. The number of hydrogen-bond acceptors (Lipinski definition) is 2. The molecule has 0 spiro atoms. The van der Waals surface area contributed by atoms with Crippen molar-refractivity contribution in [2.45, 2.75) is 18.4 Å². The normalized spacial score (nSPS) is 10.5. The van der Waals surface area contributed by atoms with E-state index in [4.69, 9.17) is 0 Å². The van der Waals surface area contributed by atoms with Crippen LogP contribution >= 0.6 is 11.8 Å². The molecule has 1 N–H and O–H groups in total. The van der Waals surface area contributed by atoms with Crippen LogP contribution in [0.25, 0.3) is 0 Å². The van der Waals surface area contributed by atoms with Gasteiger partial charge in [0.2, 0.25) is 0 Å². The number of benzene rings is 2. The van der Waals surface area contributed by atoms with Gasteiger partial charge in [0.1, 0.15) is 11.6 Å². The minimum atomic E-state index is -0.431. The van der Waals surface area contributed by atoms with E-state index in [-0.39, 0.29) is 5.69 Å². The third kappa shape index (κ3) is 3.47. The standard InChI is InChI=1S/C15H15F2NS/c1-10-7-14(17)15(8-13(10)16)18-9-11-3-5-12(19-2)6-4-11/h3-8,18H,9H2,1-2H3. The van der Waals surface area contributed by atoms with Gasteiger partial charge in [0.25, 0.3) is 0 Å². The summed E-state index contributed by atoms with van der Waals surface area (Å²) in [6, 6.07) is 10.4. The van der Waals surface area contributed by atoms with E-state index < -0.39 is 11.6 Å². The fourth-order valence-corrected chi connectivity index (χ4v) is 2.13. The highest BCUT2D eigenvalue weighted by molar-refractivity contribution is 7.98. The van der Waals surface area contributed by atoms with Crippen molar-refractivity contribution in [3.8, 4) is 0 Å². The minimum absolute atomic E-state index is 0.192. The zero-order valence-corrected chi connectivity index (χ0v) is 11.7. The predicted molar refractivity (Wildman–Crippen MR) is 76.6 cm³/mol. The van der Waals surface area contributed by atoms with Crippen LogP contribution in [-0.4, -0.2) is 6.26 Å². The van der Waals surface area contributed by atoms with Gasteiger partial charge < -0.3 is 5.32 Å². The molecule has 0 aliphatic heterocycles. The highest BCUT2D eigenvalue weighted by atomic mass is 32.2. The van der Waals surface area contributed by atoms with E-state index in [1.807, 2.05) is 30.5 Å². The van der Waals surface area contributed by atoms with Gasteiger partial charge in [0.05, 0.1) is 5.69 Å². The summed E-state index contributed by atoms with van der Waals surface area (Å²) in [6.45, 7) is 2.01. The van der Waals surface area contributed by atoms with Gasteiger partial charge in [-0.15, -0.1) is 11.8 Å². The molecule has 0 heterocycles. The van der Waals surface area contributed by atoms with Crippen molar-refractivity contribution in [2.75, 3.05) is 11.6 Å². The average Bonchev–Trinajstić information content (AvgIpc) is 2.42. The van der Waals surface area contributed by atoms with E-state index in [1.54, 1.807) is 18.7 Å². The fraction of sp³-hybridized carbons (Fsp3) is 0.200. The smallest absolute Gasteiger partial charge is 0.146 e. The van der Waals surface area contributed by atoms with E-state index in [9.17, 15) is 8.78 Å². The lowest BCUT2D eigenvalue weighted by Crippen LogP contribution is -2.02. The predicted octanol–water partition coefficient (Wildman–Crippen LogP) is 4.61. The van der Waals surface area contributed by atoms with E-state index in [1.165, 1.54) is 17.0 Å². The second-order valence-electron chi connectivity index (χ2n) is 4.28. The molecule has 19 heavy (non-hydrogen) atoms. The van der Waals surface area contributed by atoms with Gasteiger partial charge in [-0.3, -0.25) is 0 Å². The Hall–Kier alpha value is -1.55. The molecule has 0 saturated carbocycles. The van der Waals surface area contributed by atoms with E-state index >= 15 is 0 Å². The Morgan fingerprint density at radius 3 is 2.37 bits per heavy atom. The number of aryl methyl sites for hydroxylation is 1. The number of rotatable bonds is 4. The van der Waals surface area contributed by atoms with Crippen LogP contribution in [0.3, 0.4) is 0 Å². The van der Waals surface area contributed by atoms with Gasteiger partial charge in [-0.25, -0.2) is 8.78 Å². The van der Waals surface area contributed by atoms with E-state index in [0.29, 0.717) is 12.1 Å². The Bertz CT molecular complexity index is 567. The van der Waals surface area contributed by atoms with Gasteiger partial charge in [-0.05, 0) is 42.5 Å². The number of nitrogens with one attached hydrogen (secondary N) is 1. The van der Waals surface area contributed by atoms with Crippen molar-refractivity contribution in [2.24, 2.45) is 0 Å². The lowest BCUT2D eigenvalue weighted by atomic mass is 10.2. The zero-order valence-electron chi connectivity index (χ0n) is 10.8. The third-order valence-corrected chi connectivity index (χ3v) is 3.63. The van der Waals surface area contributed by atoms with Gasteiger partial charge in [0.15, 0.2) is 0 Å². The second kappa shape index (κ2) is 6.06. The lowest BCUT2D eigenvalue weighted by molar-refractivity contribution is 0.594. The summed E-state index contributed by atoms with van der Waals surface area (Å²) < 4.78 is 27.0. The molecule has 2 rings (SSSR count). The topological polar surface area (TPSA) is 12.0 Å². The Morgan fingerprint density at radius 2 is 1.74 bits per heavy atom. The Balaban J connectivity index is 2.07. The quantitative estimate of drug-likeness (QED) is 0.820. The van der Waals surface area contributed by atoms with Crippen molar-refractivity contribution in [3.63, 3.8) is 0 Å². The first-order valence-corrected chi connectivity index (χ1v) is 7.15. The second-order valence-corrected chi connectivity index (χ2v) is 5.16. The van der Waals surface area contributed by atoms with Crippen LogP contribution in [-0.2, 0) is 6.54 Å². The summed E-state index contributed by atoms with van der Waals surface area (Å²) in [5, 5.41) is 2.91. The Morgan fingerprint density at radius 1 is 1.05 bits per heavy atom. The van der Waals surface area contributed by atoms with Crippen LogP contribution in [0, 0.1) is 18.6 Å². The first-order chi connectivity index (χ1) is 9.10. The maximum atomic E-state index is 13.6. The van der Waals surface area contributed by atoms with Crippen LogP contribution in [0.5, 0.6) is 0 Å². The summed E-state index contributed by atoms with van der Waals surface area (Å²) in [7, 11) is 0. The van der Waals surface area contributed by atoms with Crippen LogP contribution in [0.2, 0.25) is 0 Å². The largest absolute Gasteiger partial charge is 0.379 e. The van der Waals surface area contributed by atoms with E-state index in [2.05, 4.69) is 5.32 Å². The summed E-state index contributed by atoms with van der Waals surface area (Å²) >= 11 is 1.67. The van der Waals surface area contributed by atoms with Gasteiger partial charge in [0, 0.05) is 17.5 Å². The van der Waals surface area contributed by atoms with Crippen molar-refractivity contribution in [3.05, 3.63) is 59.2 Å². The molecular formula is C15H15F2NS. The summed E-state index contributed by atoms with van der Waals surface area (Å²) in [4.78, 5) is 1.18. The van der Waals surface area contributed by atoms with Crippen molar-refractivity contribution >= 4 is 17.4 Å². The van der Waals surface area contributed by atoms with Gasteiger partial charge >= 0.3 is 0 Å². The van der Waals surface area contributed by atoms with Crippen LogP contribution in [0.4, 0.5) is 14.5 Å². The van der Waals surface area contributed by atoms with E-state index in [0.717, 1.165) is 5.56 Å². The summed E-state index contributed by atoms with van der Waals surface area (Å²) in [6.07, 6.45) is 2.01. The number of halogens is 2. The highest BCUT2D eigenvalue weighted by Gasteiger charge is 2.06. The fourth-order valence-electron chi connectivity index (χ4n) is 1.72. The Labute approximate surface area is 116 Å². The average molecular weight is 279 g/mol. The van der Waals surface area contributed by atoms with Crippen molar-refractivity contribution < 1.29 is 8.78 Å². The molecule has 2 aromatic rings. The van der Waals surface area contributed by atoms with Crippen LogP contribution < -0.4 is 5.32 Å². The first-order valence-electron chi connectivity index (χ1n) is 5.92. The Kier molecular flexibility index (Phi) is 4.43. The molecule has 1 nitrogen and oxygen atoms in total. The first kappa shape index (κ1) is 13.9. The molecule has 4 heteroatoms. The molecule has 0 fully saturated rings. The zero-order chi connectivity index (χ0) is 13.8. The molecule has 0 radical (unpaired) electrons. The molecular weight excluding hydrogens is 264 g/mol. The molecule has 0 unspecified atom stereocenters. The maximum Gasteiger partial charge on any atom is 0.146 e. The monoisotopic (exact) mass is 279 g/mol. The molecule has 0 aromatic heterocycles. The van der Waals surface area contributed by atoms with Gasteiger partial charge in [-0.1, -0.05) is 12.1 Å². The molecule has 0 bridgehead atoms. The van der Waals surface area contributed by atoms with Gasteiger partial charge in [-0.2, -0.15) is 0 Å². The molecule has 0 saturated heterocycles. The molecule has 100 valence electrons. The maximum absolute atomic E-state index is 13.6. The molecule has 0 aliphatic rings. The molecule has 0 amide bonds. The number of thioether (sulfide) groups is 1. The molecule has 0 aliphatic carbocycles. The molecule has 0 atom stereocenters. The summed E-state index contributed by atoms with van der Waals surface area (Å²) in [5.41, 5.74) is 1.53. The van der Waals surface area contributed by atoms with Crippen LogP contribution in [0.1, 0.15) is 11.1 Å². The van der Waals surface area contributed by atoms with Crippen molar-refractivity contribution in [1.82, 2.24) is 0 Å². The third-order valence-electron chi connectivity index (χ3n) is 2.89. The lowest BCUT2D eigenvalue weighted by Gasteiger charge is -2.09. The highest BCUT2D eigenvalue weighted by Crippen LogP contribution is 2.20. The number of anilines is 1. The van der Waals surface area contributed by atoms with Crippen LogP contribution in [0.15, 0.2) is 41.3 Å². The SMILES string of the molecule is CSc1ccc(CNc2cc(F)c(C)cc2F)cc1. The molecule has 2 aromatic carbocycles.